The lowest BCUT2D eigenvalue weighted by Crippen LogP contribution is -2.50. The minimum atomic E-state index is -0.285. The van der Waals surface area contributed by atoms with Crippen molar-refractivity contribution in [3.05, 3.63) is 59.0 Å². The van der Waals surface area contributed by atoms with Gasteiger partial charge in [0.05, 0.1) is 0 Å². The zero-order valence-corrected chi connectivity index (χ0v) is 21.3. The summed E-state index contributed by atoms with van der Waals surface area (Å²) in [6, 6.07) is 11.3. The van der Waals surface area contributed by atoms with Crippen LogP contribution < -0.4 is 15.5 Å². The van der Waals surface area contributed by atoms with E-state index in [0.717, 1.165) is 42.4 Å². The molecule has 4 rings (SSSR count). The van der Waals surface area contributed by atoms with Crippen LogP contribution in [0.4, 0.5) is 10.2 Å². The van der Waals surface area contributed by atoms with E-state index in [9.17, 15) is 4.39 Å². The van der Waals surface area contributed by atoms with Crippen LogP contribution in [0.2, 0.25) is 5.02 Å². The molecule has 0 bridgehead atoms. The van der Waals surface area contributed by atoms with E-state index >= 15 is 0 Å². The molecule has 6 nitrogen and oxygen atoms in total. The van der Waals surface area contributed by atoms with Crippen molar-refractivity contribution >= 4 is 47.4 Å². The van der Waals surface area contributed by atoms with Gasteiger partial charge >= 0.3 is 0 Å². The quantitative estimate of drug-likeness (QED) is 0.322. The third-order valence-electron chi connectivity index (χ3n) is 6.28. The second-order valence-electron chi connectivity index (χ2n) is 8.18. The highest BCUT2D eigenvalue weighted by Gasteiger charge is 2.36. The molecule has 2 saturated heterocycles. The molecule has 0 amide bonds. The third-order valence-corrected chi connectivity index (χ3v) is 6.61. The first-order valence-corrected chi connectivity index (χ1v) is 11.1. The van der Waals surface area contributed by atoms with Crippen LogP contribution in [0.15, 0.2) is 47.6 Å². The number of halogens is 3. The summed E-state index contributed by atoms with van der Waals surface area (Å²) in [5.74, 6) is 0.868. The van der Waals surface area contributed by atoms with Gasteiger partial charge in [0.15, 0.2) is 17.6 Å². The first-order valence-electron chi connectivity index (χ1n) is 10.8. The zero-order chi connectivity index (χ0) is 21.7. The average molecular weight is 574 g/mol. The van der Waals surface area contributed by atoms with E-state index < -0.39 is 0 Å². The van der Waals surface area contributed by atoms with Crippen molar-refractivity contribution in [2.75, 3.05) is 44.8 Å². The Labute approximate surface area is 211 Å². The fourth-order valence-electron chi connectivity index (χ4n) is 4.52. The van der Waals surface area contributed by atoms with Crippen molar-refractivity contribution in [3.63, 3.8) is 0 Å². The van der Waals surface area contributed by atoms with E-state index in [1.165, 1.54) is 6.07 Å². The smallest absolute Gasteiger partial charge is 0.191 e. The molecule has 1 aromatic carbocycles. The summed E-state index contributed by atoms with van der Waals surface area (Å²) in [6.45, 7) is 3.57. The number of aliphatic imine (C=N–C) groups is 1. The second-order valence-corrected chi connectivity index (χ2v) is 8.59. The van der Waals surface area contributed by atoms with Gasteiger partial charge in [0.25, 0.3) is 0 Å². The maximum atomic E-state index is 14.1. The Morgan fingerprint density at radius 3 is 2.78 bits per heavy atom. The fraction of sp³-hybridized carbons (Fsp3) is 0.478. The summed E-state index contributed by atoms with van der Waals surface area (Å²) in [6.07, 6.45) is 4.32. The predicted molar refractivity (Wildman–Crippen MR) is 138 cm³/mol. The normalized spacial score (nSPS) is 20.5. The van der Waals surface area contributed by atoms with Crippen LogP contribution >= 0.6 is 35.6 Å². The molecule has 2 N–H and O–H groups in total. The maximum absolute atomic E-state index is 14.1. The fourth-order valence-corrected chi connectivity index (χ4v) is 4.85. The number of ether oxygens (including phenoxy) is 1. The van der Waals surface area contributed by atoms with Crippen LogP contribution in [0.25, 0.3) is 0 Å². The van der Waals surface area contributed by atoms with Crippen LogP contribution in [0, 0.1) is 5.82 Å². The van der Waals surface area contributed by atoms with E-state index in [-0.39, 0.29) is 41.3 Å². The molecule has 2 aromatic rings. The number of pyridine rings is 1. The molecule has 2 aliphatic heterocycles. The molecule has 0 saturated carbocycles. The van der Waals surface area contributed by atoms with E-state index in [4.69, 9.17) is 16.3 Å². The first-order chi connectivity index (χ1) is 15.1. The number of aromatic nitrogens is 1. The molecule has 0 spiro atoms. The Morgan fingerprint density at radius 2 is 2.06 bits per heavy atom. The second kappa shape index (κ2) is 11.5. The molecular formula is C23H30ClFIN5O. The molecule has 9 heteroatoms. The number of hydrogen-bond acceptors (Lipinski definition) is 4. The monoisotopic (exact) mass is 573 g/mol. The van der Waals surface area contributed by atoms with Crippen molar-refractivity contribution in [1.29, 1.82) is 0 Å². The van der Waals surface area contributed by atoms with Crippen LogP contribution in [-0.2, 0) is 10.2 Å². The summed E-state index contributed by atoms with van der Waals surface area (Å²) in [5, 5.41) is 7.80. The molecule has 174 valence electrons. The van der Waals surface area contributed by atoms with Crippen molar-refractivity contribution in [3.8, 4) is 0 Å². The van der Waals surface area contributed by atoms with Crippen LogP contribution in [-0.4, -0.2) is 56.9 Å². The van der Waals surface area contributed by atoms with Gasteiger partial charge in [0.1, 0.15) is 0 Å². The number of rotatable bonds is 5. The molecule has 3 heterocycles. The van der Waals surface area contributed by atoms with Gasteiger partial charge in [-0.2, -0.15) is 0 Å². The summed E-state index contributed by atoms with van der Waals surface area (Å²) in [5.41, 5.74) is 1.05. The van der Waals surface area contributed by atoms with Crippen molar-refractivity contribution in [2.24, 2.45) is 4.99 Å². The number of nitrogens with zero attached hydrogens (tertiary/aromatic N) is 3. The van der Waals surface area contributed by atoms with Crippen molar-refractivity contribution in [2.45, 2.75) is 30.7 Å². The molecule has 1 atom stereocenters. The van der Waals surface area contributed by atoms with Gasteiger partial charge in [-0.3, -0.25) is 4.99 Å². The topological polar surface area (TPSA) is 61.8 Å². The largest absolute Gasteiger partial charge is 0.381 e. The van der Waals surface area contributed by atoms with E-state index in [0.29, 0.717) is 32.1 Å². The Morgan fingerprint density at radius 1 is 1.28 bits per heavy atom. The van der Waals surface area contributed by atoms with Crippen LogP contribution in [0.3, 0.4) is 0 Å². The van der Waals surface area contributed by atoms with E-state index in [2.05, 4.69) is 26.7 Å². The Bertz CT molecular complexity index is 925. The number of nitrogens with one attached hydrogen (secondary N) is 2. The minimum Gasteiger partial charge on any atom is -0.381 e. The highest BCUT2D eigenvalue weighted by Crippen LogP contribution is 2.38. The van der Waals surface area contributed by atoms with Crippen molar-refractivity contribution < 1.29 is 9.13 Å². The minimum absolute atomic E-state index is 0. The molecule has 1 unspecified atom stereocenters. The lowest BCUT2D eigenvalue weighted by Gasteiger charge is -2.39. The molecule has 2 aliphatic rings. The Balaban J connectivity index is 0.00000289. The highest BCUT2D eigenvalue weighted by molar-refractivity contribution is 14.0. The predicted octanol–water partition coefficient (Wildman–Crippen LogP) is 3.98. The van der Waals surface area contributed by atoms with E-state index in [1.54, 1.807) is 19.3 Å². The van der Waals surface area contributed by atoms with Gasteiger partial charge < -0.3 is 20.3 Å². The number of anilines is 1. The average Bonchev–Trinajstić information content (AvgIpc) is 3.26. The van der Waals surface area contributed by atoms with Gasteiger partial charge in [-0.1, -0.05) is 29.8 Å². The van der Waals surface area contributed by atoms with Crippen LogP contribution in [0.1, 0.15) is 24.8 Å². The highest BCUT2D eigenvalue weighted by atomic mass is 127. The lowest BCUT2D eigenvalue weighted by molar-refractivity contribution is 0.0514. The third kappa shape index (κ3) is 5.63. The molecule has 1 aromatic heterocycles. The lowest BCUT2D eigenvalue weighted by atomic mass is 9.74. The summed E-state index contributed by atoms with van der Waals surface area (Å²) in [7, 11) is 1.77. The SMILES string of the molecule is CN=C(NCC1(c2ccccc2Cl)CCOCC1)NC1CCN(c2ncccc2F)C1.I. The molecular weight excluding hydrogens is 544 g/mol. The molecule has 0 aliphatic carbocycles. The Hall–Kier alpha value is -1.65. The van der Waals surface area contributed by atoms with Gasteiger partial charge in [-0.15, -0.1) is 24.0 Å². The number of hydrogen-bond donors (Lipinski definition) is 2. The summed E-state index contributed by atoms with van der Waals surface area (Å²) in [4.78, 5) is 10.6. The van der Waals surface area contributed by atoms with Gasteiger partial charge in [-0.25, -0.2) is 9.37 Å². The standard InChI is InChI=1S/C23H29ClFN5O.HI/c1-26-22(29-17-8-12-30(15-17)21-20(25)7-4-11-27-21)28-16-23(9-13-31-14-10-23)18-5-2-3-6-19(18)24;/h2-7,11,17H,8-10,12-16H2,1H3,(H2,26,28,29);1H. The van der Waals surface area contributed by atoms with Gasteiger partial charge in [0, 0.05) is 62.6 Å². The van der Waals surface area contributed by atoms with Gasteiger partial charge in [0.2, 0.25) is 0 Å². The Kier molecular flexibility index (Phi) is 8.95. The summed E-state index contributed by atoms with van der Waals surface area (Å²) >= 11 is 6.56. The summed E-state index contributed by atoms with van der Waals surface area (Å²) < 4.78 is 19.7. The van der Waals surface area contributed by atoms with Crippen molar-refractivity contribution in [1.82, 2.24) is 15.6 Å². The van der Waals surface area contributed by atoms with Crippen LogP contribution in [0.5, 0.6) is 0 Å². The first kappa shape index (κ1) is 25.0. The molecule has 32 heavy (non-hydrogen) atoms. The molecule has 2 fully saturated rings. The number of guanidine groups is 1. The number of benzene rings is 1. The van der Waals surface area contributed by atoms with E-state index in [1.807, 2.05) is 23.1 Å². The zero-order valence-electron chi connectivity index (χ0n) is 18.2. The van der Waals surface area contributed by atoms with Gasteiger partial charge in [-0.05, 0) is 43.0 Å². The molecule has 0 radical (unpaired) electrons. The maximum Gasteiger partial charge on any atom is 0.191 e.